The summed E-state index contributed by atoms with van der Waals surface area (Å²) in [6, 6.07) is 5.67. The van der Waals surface area contributed by atoms with Crippen LogP contribution in [-0.4, -0.2) is 5.78 Å². The minimum atomic E-state index is -2.95. The van der Waals surface area contributed by atoms with Gasteiger partial charge in [0.15, 0.2) is 5.78 Å². The average Bonchev–Trinajstić information content (AvgIpc) is 2.16. The monoisotopic (exact) mass is 226 g/mol. The first-order valence-electron chi connectivity index (χ1n) is 5.15. The van der Waals surface area contributed by atoms with Crippen LogP contribution in [-0.2, 0) is 5.92 Å². The predicted molar refractivity (Wildman–Crippen MR) is 59.8 cm³/mol. The maximum absolute atomic E-state index is 14.0. The number of carbonyl (C=O) groups is 1. The summed E-state index contributed by atoms with van der Waals surface area (Å²) in [5.41, 5.74) is -0.947. The maximum Gasteiger partial charge on any atom is 0.277 e. The molecule has 0 aliphatic heterocycles. The zero-order chi connectivity index (χ0) is 12.6. The lowest BCUT2D eigenvalue weighted by molar-refractivity contribution is -0.104. The van der Waals surface area contributed by atoms with Crippen molar-refractivity contribution in [3.63, 3.8) is 0 Å². The molecule has 0 unspecified atom stereocenters. The average molecular weight is 226 g/mol. The van der Waals surface area contributed by atoms with E-state index in [0.717, 1.165) is 0 Å². The van der Waals surface area contributed by atoms with Gasteiger partial charge in [-0.1, -0.05) is 39.0 Å². The van der Waals surface area contributed by atoms with Gasteiger partial charge in [0.25, 0.3) is 5.92 Å². The van der Waals surface area contributed by atoms with Crippen molar-refractivity contribution in [2.75, 3.05) is 0 Å². The minimum absolute atomic E-state index is 0.104. The molecule has 0 aliphatic rings. The molecule has 3 heteroatoms. The molecular formula is C13H16F2O. The van der Waals surface area contributed by atoms with Crippen molar-refractivity contribution in [1.29, 1.82) is 0 Å². The van der Waals surface area contributed by atoms with Crippen molar-refractivity contribution < 1.29 is 13.6 Å². The zero-order valence-electron chi connectivity index (χ0n) is 9.97. The largest absolute Gasteiger partial charge is 0.295 e. The lowest BCUT2D eigenvalue weighted by Gasteiger charge is -2.30. The van der Waals surface area contributed by atoms with E-state index in [-0.39, 0.29) is 11.3 Å². The van der Waals surface area contributed by atoms with Gasteiger partial charge in [0.05, 0.1) is 0 Å². The number of halogens is 2. The Morgan fingerprint density at radius 1 is 1.19 bits per heavy atom. The molecule has 0 aliphatic carbocycles. The molecule has 88 valence electrons. The highest BCUT2D eigenvalue weighted by Gasteiger charge is 2.44. The highest BCUT2D eigenvalue weighted by molar-refractivity contribution is 5.94. The van der Waals surface area contributed by atoms with E-state index in [1.165, 1.54) is 45.9 Å². The summed E-state index contributed by atoms with van der Waals surface area (Å²) < 4.78 is 28.0. The first kappa shape index (κ1) is 12.8. The Hall–Kier alpha value is -1.25. The fourth-order valence-corrected chi connectivity index (χ4v) is 1.37. The summed E-state index contributed by atoms with van der Waals surface area (Å²) in [5.74, 6) is -3.15. The second kappa shape index (κ2) is 3.96. The Morgan fingerprint density at radius 2 is 1.75 bits per heavy atom. The lowest BCUT2D eigenvalue weighted by atomic mass is 9.83. The molecule has 0 heterocycles. The standard InChI is InChI=1S/C13H16F2O/c1-9(16)10-6-5-7-11(8-10)13(14,15)12(2,3)4/h5-8H,1-4H3. The van der Waals surface area contributed by atoms with E-state index >= 15 is 0 Å². The number of ketones is 1. The van der Waals surface area contributed by atoms with Crippen LogP contribution in [0.5, 0.6) is 0 Å². The van der Waals surface area contributed by atoms with Crippen LogP contribution < -0.4 is 0 Å². The number of hydrogen-bond donors (Lipinski definition) is 0. The summed E-state index contributed by atoms with van der Waals surface area (Å²) in [7, 11) is 0. The molecule has 0 saturated carbocycles. The first-order valence-corrected chi connectivity index (χ1v) is 5.15. The Morgan fingerprint density at radius 3 is 2.19 bits per heavy atom. The van der Waals surface area contributed by atoms with E-state index in [2.05, 4.69) is 0 Å². The van der Waals surface area contributed by atoms with Crippen molar-refractivity contribution >= 4 is 5.78 Å². The second-order valence-corrected chi connectivity index (χ2v) is 4.96. The Labute approximate surface area is 94.5 Å². The molecule has 1 aromatic rings. The third-order valence-corrected chi connectivity index (χ3v) is 2.57. The maximum atomic E-state index is 14.0. The fraction of sp³-hybridized carbons (Fsp3) is 0.462. The normalized spacial score (nSPS) is 12.6. The highest BCUT2D eigenvalue weighted by atomic mass is 19.3. The van der Waals surface area contributed by atoms with Crippen molar-refractivity contribution in [1.82, 2.24) is 0 Å². The Kier molecular flexibility index (Phi) is 3.17. The van der Waals surface area contributed by atoms with Crippen LogP contribution in [0.15, 0.2) is 24.3 Å². The van der Waals surface area contributed by atoms with Crippen LogP contribution in [0.3, 0.4) is 0 Å². The number of rotatable bonds is 2. The lowest BCUT2D eigenvalue weighted by Crippen LogP contribution is -2.31. The molecule has 16 heavy (non-hydrogen) atoms. The van der Waals surface area contributed by atoms with Crippen LogP contribution >= 0.6 is 0 Å². The number of benzene rings is 1. The van der Waals surface area contributed by atoms with Gasteiger partial charge >= 0.3 is 0 Å². The van der Waals surface area contributed by atoms with Crippen molar-refractivity contribution in [3.8, 4) is 0 Å². The van der Waals surface area contributed by atoms with Gasteiger partial charge in [-0.25, -0.2) is 8.78 Å². The smallest absolute Gasteiger partial charge is 0.277 e. The molecule has 0 fully saturated rings. The molecule has 1 nitrogen and oxygen atoms in total. The topological polar surface area (TPSA) is 17.1 Å². The van der Waals surface area contributed by atoms with Gasteiger partial charge in [0.1, 0.15) is 0 Å². The third-order valence-electron chi connectivity index (χ3n) is 2.57. The van der Waals surface area contributed by atoms with Gasteiger partial charge in [-0.15, -0.1) is 0 Å². The van der Waals surface area contributed by atoms with Gasteiger partial charge in [-0.05, 0) is 13.0 Å². The fourth-order valence-electron chi connectivity index (χ4n) is 1.37. The van der Waals surface area contributed by atoms with Gasteiger partial charge in [-0.3, -0.25) is 4.79 Å². The molecule has 0 saturated heterocycles. The van der Waals surface area contributed by atoms with Crippen LogP contribution in [0, 0.1) is 5.41 Å². The van der Waals surface area contributed by atoms with Crippen molar-refractivity contribution in [3.05, 3.63) is 35.4 Å². The van der Waals surface area contributed by atoms with E-state index in [0.29, 0.717) is 5.56 Å². The van der Waals surface area contributed by atoms with Gasteiger partial charge in [0, 0.05) is 16.5 Å². The van der Waals surface area contributed by atoms with Crippen LogP contribution in [0.2, 0.25) is 0 Å². The molecule has 0 atom stereocenters. The molecule has 1 aromatic carbocycles. The van der Waals surface area contributed by atoms with E-state index in [1.807, 2.05) is 0 Å². The van der Waals surface area contributed by atoms with Crippen LogP contribution in [0.4, 0.5) is 8.78 Å². The van der Waals surface area contributed by atoms with Crippen molar-refractivity contribution in [2.45, 2.75) is 33.6 Å². The van der Waals surface area contributed by atoms with Crippen LogP contribution in [0.1, 0.15) is 43.6 Å². The summed E-state index contributed by atoms with van der Waals surface area (Å²) in [6.07, 6.45) is 0. The van der Waals surface area contributed by atoms with Crippen LogP contribution in [0.25, 0.3) is 0 Å². The molecular weight excluding hydrogens is 210 g/mol. The summed E-state index contributed by atoms with van der Waals surface area (Å²) in [5, 5.41) is 0. The minimum Gasteiger partial charge on any atom is -0.295 e. The van der Waals surface area contributed by atoms with Crippen molar-refractivity contribution in [2.24, 2.45) is 5.41 Å². The molecule has 0 radical (unpaired) electrons. The SMILES string of the molecule is CC(=O)c1cccc(C(F)(F)C(C)(C)C)c1. The van der Waals surface area contributed by atoms with E-state index in [9.17, 15) is 13.6 Å². The number of alkyl halides is 2. The van der Waals surface area contributed by atoms with E-state index in [4.69, 9.17) is 0 Å². The third kappa shape index (κ3) is 2.29. The van der Waals surface area contributed by atoms with Gasteiger partial charge < -0.3 is 0 Å². The summed E-state index contributed by atoms with van der Waals surface area (Å²) in [6.45, 7) is 5.81. The Bertz CT molecular complexity index is 403. The molecule has 0 aromatic heterocycles. The Balaban J connectivity index is 3.24. The number of carbonyl (C=O) groups excluding carboxylic acids is 1. The van der Waals surface area contributed by atoms with E-state index in [1.54, 1.807) is 6.07 Å². The zero-order valence-corrected chi connectivity index (χ0v) is 9.97. The molecule has 1 rings (SSSR count). The molecule has 0 bridgehead atoms. The highest BCUT2D eigenvalue weighted by Crippen LogP contribution is 2.44. The van der Waals surface area contributed by atoms with Gasteiger partial charge in [0.2, 0.25) is 0 Å². The second-order valence-electron chi connectivity index (χ2n) is 4.96. The summed E-state index contributed by atoms with van der Waals surface area (Å²) in [4.78, 5) is 11.1. The molecule has 0 N–H and O–H groups in total. The quantitative estimate of drug-likeness (QED) is 0.696. The molecule has 0 amide bonds. The number of hydrogen-bond acceptors (Lipinski definition) is 1. The van der Waals surface area contributed by atoms with E-state index < -0.39 is 11.3 Å². The molecule has 0 spiro atoms. The van der Waals surface area contributed by atoms with Gasteiger partial charge in [-0.2, -0.15) is 0 Å². The predicted octanol–water partition coefficient (Wildman–Crippen LogP) is 4.03. The number of Topliss-reactive ketones (excluding diaryl/α,β-unsaturated/α-hetero) is 1. The first-order chi connectivity index (χ1) is 7.16. The summed E-state index contributed by atoms with van der Waals surface area (Å²) >= 11 is 0.